The maximum absolute atomic E-state index is 13.9. The molecule has 0 fully saturated rings. The van der Waals surface area contributed by atoms with Crippen LogP contribution < -0.4 is 0 Å². The Kier molecular flexibility index (Phi) is 10.9. The molecule has 2 amide bonds. The van der Waals surface area contributed by atoms with Gasteiger partial charge in [0.25, 0.3) is 0 Å². The number of nitrogens with zero attached hydrogens (tertiary/aromatic N) is 5. The van der Waals surface area contributed by atoms with Gasteiger partial charge in [0.15, 0.2) is 0 Å². The summed E-state index contributed by atoms with van der Waals surface area (Å²) in [5.41, 5.74) is 3.52. The van der Waals surface area contributed by atoms with E-state index in [4.69, 9.17) is 4.74 Å². The minimum atomic E-state index is -4.68. The standard InChI is InChI=1S/C33H32F3N5O3/c1-40(18-19-44-2)31(43)29(20-24-8-4-3-5-9-24)41(23-25-11-14-27(15-12-25)28-10-6-7-17-37-28)30(42)16-13-26-21-38-32(39-22-26)33(34,35)36/h3-17,21-22,29H,18-20,23H2,1-2H3/b16-13+/t29-/m0/s1. The van der Waals surface area contributed by atoms with Crippen LogP contribution in [-0.2, 0) is 33.5 Å². The number of amides is 2. The van der Waals surface area contributed by atoms with Gasteiger partial charge in [-0.05, 0) is 29.3 Å². The van der Waals surface area contributed by atoms with Crippen LogP contribution in [0.25, 0.3) is 17.3 Å². The van der Waals surface area contributed by atoms with Gasteiger partial charge in [-0.3, -0.25) is 14.6 Å². The largest absolute Gasteiger partial charge is 0.451 e. The lowest BCUT2D eigenvalue weighted by Crippen LogP contribution is -2.51. The number of methoxy groups -OCH3 is 1. The van der Waals surface area contributed by atoms with Crippen LogP contribution in [0, 0.1) is 0 Å². The smallest absolute Gasteiger partial charge is 0.383 e. The highest BCUT2D eigenvalue weighted by atomic mass is 19.4. The summed E-state index contributed by atoms with van der Waals surface area (Å²) in [5.74, 6) is -2.06. The Morgan fingerprint density at radius 1 is 0.909 bits per heavy atom. The number of carbonyl (C=O) groups excluding carboxylic acids is 2. The van der Waals surface area contributed by atoms with E-state index in [1.54, 1.807) is 20.4 Å². The van der Waals surface area contributed by atoms with Crippen molar-refractivity contribution < 1.29 is 27.5 Å². The fourth-order valence-corrected chi connectivity index (χ4v) is 4.45. The van der Waals surface area contributed by atoms with Crippen molar-refractivity contribution in [3.63, 3.8) is 0 Å². The van der Waals surface area contributed by atoms with Crippen LogP contribution in [-0.4, -0.2) is 69.9 Å². The number of carbonyl (C=O) groups is 2. The van der Waals surface area contributed by atoms with Crippen molar-refractivity contribution in [1.82, 2.24) is 24.8 Å². The van der Waals surface area contributed by atoms with E-state index in [1.165, 1.54) is 22.0 Å². The third-order valence-electron chi connectivity index (χ3n) is 6.83. The minimum absolute atomic E-state index is 0.0938. The van der Waals surface area contributed by atoms with Crippen molar-refractivity contribution in [3.05, 3.63) is 120 Å². The first-order valence-electron chi connectivity index (χ1n) is 13.8. The second-order valence-corrected chi connectivity index (χ2v) is 10.0. The van der Waals surface area contributed by atoms with Crippen LogP contribution in [0.3, 0.4) is 0 Å². The molecule has 0 aliphatic carbocycles. The molecule has 4 rings (SSSR count). The second kappa shape index (κ2) is 15.0. The number of benzene rings is 2. The zero-order valence-corrected chi connectivity index (χ0v) is 24.3. The van der Waals surface area contributed by atoms with Crippen LogP contribution in [0.1, 0.15) is 22.5 Å². The zero-order chi connectivity index (χ0) is 31.5. The molecule has 44 heavy (non-hydrogen) atoms. The molecule has 0 unspecified atom stereocenters. The molecule has 8 nitrogen and oxygen atoms in total. The van der Waals surface area contributed by atoms with Crippen molar-refractivity contribution >= 4 is 17.9 Å². The number of aromatic nitrogens is 3. The fourth-order valence-electron chi connectivity index (χ4n) is 4.45. The highest BCUT2D eigenvalue weighted by molar-refractivity contribution is 5.95. The molecule has 0 radical (unpaired) electrons. The topological polar surface area (TPSA) is 88.5 Å². The molecule has 11 heteroatoms. The number of likely N-dealkylation sites (N-methyl/N-ethyl adjacent to an activating group) is 1. The number of hydrogen-bond acceptors (Lipinski definition) is 6. The van der Waals surface area contributed by atoms with Gasteiger partial charge in [-0.25, -0.2) is 9.97 Å². The van der Waals surface area contributed by atoms with Crippen molar-refractivity contribution in [1.29, 1.82) is 0 Å². The number of ether oxygens (including phenoxy) is 1. The number of halogens is 3. The molecule has 2 heterocycles. The molecule has 0 bridgehead atoms. The molecule has 0 saturated heterocycles. The van der Waals surface area contributed by atoms with E-state index in [9.17, 15) is 22.8 Å². The SMILES string of the molecule is COCCN(C)C(=O)[C@H](Cc1ccccc1)N(Cc1ccc(-c2ccccn2)cc1)C(=O)/C=C/c1cnc(C(F)(F)F)nc1. The van der Waals surface area contributed by atoms with Gasteiger partial charge >= 0.3 is 6.18 Å². The summed E-state index contributed by atoms with van der Waals surface area (Å²) in [6.07, 6.45) is 1.80. The first kappa shape index (κ1) is 32.0. The second-order valence-electron chi connectivity index (χ2n) is 10.0. The van der Waals surface area contributed by atoms with Gasteiger partial charge in [0.1, 0.15) is 6.04 Å². The van der Waals surface area contributed by atoms with Crippen LogP contribution in [0.5, 0.6) is 0 Å². The summed E-state index contributed by atoms with van der Waals surface area (Å²) in [5, 5.41) is 0. The number of pyridine rings is 1. The lowest BCUT2D eigenvalue weighted by Gasteiger charge is -2.33. The third kappa shape index (κ3) is 8.81. The van der Waals surface area contributed by atoms with Gasteiger partial charge in [0.05, 0.1) is 12.3 Å². The number of hydrogen-bond donors (Lipinski definition) is 0. The molecular weight excluding hydrogens is 571 g/mol. The Labute approximate surface area is 253 Å². The molecule has 4 aromatic rings. The van der Waals surface area contributed by atoms with Gasteiger partial charge in [-0.15, -0.1) is 0 Å². The van der Waals surface area contributed by atoms with Crippen LogP contribution in [0.15, 0.2) is 97.5 Å². The van der Waals surface area contributed by atoms with E-state index in [0.29, 0.717) is 13.2 Å². The lowest BCUT2D eigenvalue weighted by atomic mass is 10.0. The summed E-state index contributed by atoms with van der Waals surface area (Å²) in [4.78, 5) is 41.7. The predicted octanol–water partition coefficient (Wildman–Crippen LogP) is 5.32. The van der Waals surface area contributed by atoms with E-state index in [1.807, 2.05) is 72.8 Å². The summed E-state index contributed by atoms with van der Waals surface area (Å²) < 4.78 is 43.9. The predicted molar refractivity (Wildman–Crippen MR) is 160 cm³/mol. The Balaban J connectivity index is 1.67. The molecule has 1 atom stereocenters. The lowest BCUT2D eigenvalue weighted by molar-refractivity contribution is -0.145. The average Bonchev–Trinajstić information content (AvgIpc) is 3.04. The van der Waals surface area contributed by atoms with Crippen LogP contribution in [0.2, 0.25) is 0 Å². The molecule has 0 aliphatic rings. The Hall–Kier alpha value is -4.90. The molecule has 2 aromatic carbocycles. The monoisotopic (exact) mass is 603 g/mol. The molecule has 0 aliphatic heterocycles. The molecule has 0 N–H and O–H groups in total. The highest BCUT2D eigenvalue weighted by Crippen LogP contribution is 2.25. The molecule has 2 aromatic heterocycles. The van der Waals surface area contributed by atoms with Crippen molar-refractivity contribution in [2.45, 2.75) is 25.2 Å². The minimum Gasteiger partial charge on any atom is -0.383 e. The molecule has 0 saturated carbocycles. The molecule has 0 spiro atoms. The maximum atomic E-state index is 13.9. The normalized spacial score (nSPS) is 12.2. The van der Waals surface area contributed by atoms with Crippen molar-refractivity contribution in [2.75, 3.05) is 27.3 Å². The third-order valence-corrected chi connectivity index (χ3v) is 6.83. The summed E-state index contributed by atoms with van der Waals surface area (Å²) >= 11 is 0. The summed E-state index contributed by atoms with van der Waals surface area (Å²) in [7, 11) is 3.19. The first-order valence-corrected chi connectivity index (χ1v) is 13.8. The van der Waals surface area contributed by atoms with E-state index >= 15 is 0 Å². The zero-order valence-electron chi connectivity index (χ0n) is 24.3. The first-order chi connectivity index (χ1) is 21.2. The fraction of sp³-hybridized carbons (Fsp3) is 0.242. The Morgan fingerprint density at radius 2 is 1.59 bits per heavy atom. The van der Waals surface area contributed by atoms with Gasteiger partial charge in [-0.2, -0.15) is 13.2 Å². The molecular formula is C33H32F3N5O3. The van der Waals surface area contributed by atoms with E-state index in [-0.39, 0.29) is 24.4 Å². The van der Waals surface area contributed by atoms with E-state index in [0.717, 1.165) is 34.8 Å². The van der Waals surface area contributed by atoms with E-state index in [2.05, 4.69) is 15.0 Å². The Morgan fingerprint density at radius 3 is 2.20 bits per heavy atom. The summed E-state index contributed by atoms with van der Waals surface area (Å²) in [6.45, 7) is 0.730. The summed E-state index contributed by atoms with van der Waals surface area (Å²) in [6, 6.07) is 21.6. The number of rotatable bonds is 12. The van der Waals surface area contributed by atoms with Gasteiger partial charge in [0, 0.05) is 69.5 Å². The highest BCUT2D eigenvalue weighted by Gasteiger charge is 2.34. The maximum Gasteiger partial charge on any atom is 0.451 e. The van der Waals surface area contributed by atoms with Gasteiger partial charge in [0.2, 0.25) is 17.6 Å². The number of alkyl halides is 3. The van der Waals surface area contributed by atoms with Crippen LogP contribution in [0.4, 0.5) is 13.2 Å². The van der Waals surface area contributed by atoms with Gasteiger partial charge in [-0.1, -0.05) is 60.7 Å². The van der Waals surface area contributed by atoms with Gasteiger partial charge < -0.3 is 14.5 Å². The van der Waals surface area contributed by atoms with Crippen LogP contribution >= 0.6 is 0 Å². The quantitative estimate of drug-likeness (QED) is 0.204. The Bertz CT molecular complexity index is 1530. The van der Waals surface area contributed by atoms with E-state index < -0.39 is 23.9 Å². The van der Waals surface area contributed by atoms with Crippen molar-refractivity contribution in [3.8, 4) is 11.3 Å². The average molecular weight is 604 g/mol. The van der Waals surface area contributed by atoms with Crippen molar-refractivity contribution in [2.24, 2.45) is 0 Å². The molecule has 228 valence electrons.